The second-order valence-corrected chi connectivity index (χ2v) is 6.51. The molecule has 0 amide bonds. The Bertz CT molecular complexity index is 332. The van der Waals surface area contributed by atoms with Crippen LogP contribution >= 0.6 is 0 Å². The summed E-state index contributed by atoms with van der Waals surface area (Å²) in [7, 11) is 0. The van der Waals surface area contributed by atoms with Crippen molar-refractivity contribution in [3.63, 3.8) is 0 Å². The van der Waals surface area contributed by atoms with Crippen molar-refractivity contribution < 1.29 is 0 Å². The number of nitrogens with one attached hydrogen (secondary N) is 1. The molecule has 0 aliphatic heterocycles. The summed E-state index contributed by atoms with van der Waals surface area (Å²) in [4.78, 5) is 0. The van der Waals surface area contributed by atoms with Crippen molar-refractivity contribution in [2.45, 2.75) is 53.4 Å². The molecule has 1 aromatic carbocycles. The summed E-state index contributed by atoms with van der Waals surface area (Å²) in [6.45, 7) is 13.5. The smallest absolute Gasteiger partial charge is 0.00200 e. The molecule has 0 aromatic heterocycles. The molecule has 1 rings (SSSR count). The van der Waals surface area contributed by atoms with Crippen LogP contribution in [0.2, 0.25) is 0 Å². The van der Waals surface area contributed by atoms with Gasteiger partial charge in [0.25, 0.3) is 0 Å². The molecule has 1 heteroatoms. The third-order valence-electron chi connectivity index (χ3n) is 3.43. The lowest BCUT2D eigenvalue weighted by atomic mass is 9.84. The van der Waals surface area contributed by atoms with Gasteiger partial charge < -0.3 is 5.32 Å². The Morgan fingerprint density at radius 2 is 1.72 bits per heavy atom. The number of hydrogen-bond donors (Lipinski definition) is 1. The Labute approximate surface area is 113 Å². The highest BCUT2D eigenvalue weighted by Gasteiger charge is 2.16. The molecule has 0 saturated carbocycles. The van der Waals surface area contributed by atoms with Gasteiger partial charge in [-0.05, 0) is 43.2 Å². The first kappa shape index (κ1) is 15.2. The van der Waals surface area contributed by atoms with Gasteiger partial charge in [-0.25, -0.2) is 0 Å². The zero-order valence-corrected chi connectivity index (χ0v) is 12.7. The largest absolute Gasteiger partial charge is 0.316 e. The van der Waals surface area contributed by atoms with Crippen molar-refractivity contribution in [2.75, 3.05) is 13.1 Å². The molecule has 1 nitrogen and oxygen atoms in total. The molecule has 0 spiro atoms. The summed E-state index contributed by atoms with van der Waals surface area (Å²) in [5.41, 5.74) is 3.25. The zero-order valence-electron chi connectivity index (χ0n) is 12.7. The first-order valence-electron chi connectivity index (χ1n) is 7.19. The van der Waals surface area contributed by atoms with Crippen molar-refractivity contribution in [3.05, 3.63) is 35.4 Å². The fourth-order valence-electron chi connectivity index (χ4n) is 2.15. The van der Waals surface area contributed by atoms with Gasteiger partial charge in [-0.2, -0.15) is 0 Å². The van der Waals surface area contributed by atoms with Gasteiger partial charge in [0.05, 0.1) is 0 Å². The van der Waals surface area contributed by atoms with E-state index in [-0.39, 0.29) is 0 Å². The van der Waals surface area contributed by atoms with Gasteiger partial charge in [0.1, 0.15) is 0 Å². The number of hydrogen-bond acceptors (Lipinski definition) is 1. The average molecular weight is 247 g/mol. The van der Waals surface area contributed by atoms with Crippen LogP contribution in [-0.2, 0) is 0 Å². The van der Waals surface area contributed by atoms with Gasteiger partial charge in [-0.3, -0.25) is 0 Å². The summed E-state index contributed by atoms with van der Waals surface area (Å²) in [5, 5.41) is 3.50. The van der Waals surface area contributed by atoms with E-state index in [0.717, 1.165) is 13.1 Å². The van der Waals surface area contributed by atoms with E-state index in [1.165, 1.54) is 24.0 Å². The highest BCUT2D eigenvalue weighted by molar-refractivity contribution is 5.24. The quantitative estimate of drug-likeness (QED) is 0.779. The van der Waals surface area contributed by atoms with Crippen LogP contribution in [0.5, 0.6) is 0 Å². The van der Waals surface area contributed by atoms with Crippen LogP contribution in [0.25, 0.3) is 0 Å². The second kappa shape index (κ2) is 6.94. The minimum absolute atomic E-state index is 0.426. The third kappa shape index (κ3) is 5.68. The molecule has 102 valence electrons. The fourth-order valence-corrected chi connectivity index (χ4v) is 2.15. The molecule has 0 heterocycles. The van der Waals surface area contributed by atoms with Gasteiger partial charge in [0.2, 0.25) is 0 Å². The van der Waals surface area contributed by atoms with Crippen LogP contribution < -0.4 is 5.32 Å². The van der Waals surface area contributed by atoms with E-state index >= 15 is 0 Å². The van der Waals surface area contributed by atoms with Crippen molar-refractivity contribution >= 4 is 0 Å². The molecule has 1 unspecified atom stereocenters. The molecule has 1 N–H and O–H groups in total. The maximum atomic E-state index is 3.50. The number of likely N-dealkylation sites (N-methyl/N-ethyl adjacent to an activating group) is 1. The summed E-state index contributed by atoms with van der Waals surface area (Å²) in [5.74, 6) is 0.643. The van der Waals surface area contributed by atoms with Crippen molar-refractivity contribution in [2.24, 2.45) is 5.41 Å². The topological polar surface area (TPSA) is 12.0 Å². The maximum absolute atomic E-state index is 3.50. The Morgan fingerprint density at radius 3 is 2.22 bits per heavy atom. The van der Waals surface area contributed by atoms with Crippen LogP contribution in [0.4, 0.5) is 0 Å². The summed E-state index contributed by atoms with van der Waals surface area (Å²) < 4.78 is 0. The van der Waals surface area contributed by atoms with Gasteiger partial charge in [0, 0.05) is 6.54 Å². The Hall–Kier alpha value is -0.820. The number of benzene rings is 1. The normalized spacial score (nSPS) is 13.6. The lowest BCUT2D eigenvalue weighted by molar-refractivity contribution is 0.345. The Kier molecular flexibility index (Phi) is 5.87. The molecule has 0 bridgehead atoms. The van der Waals surface area contributed by atoms with Crippen molar-refractivity contribution in [1.82, 2.24) is 5.32 Å². The SMILES string of the molecule is CCNCC(CCC(C)(C)C)c1ccc(C)cc1. The van der Waals surface area contributed by atoms with Crippen LogP contribution in [0.1, 0.15) is 57.6 Å². The predicted octanol–water partition coefficient (Wildman–Crippen LogP) is 4.51. The highest BCUT2D eigenvalue weighted by Crippen LogP contribution is 2.28. The molecule has 1 atom stereocenters. The molecule has 0 saturated heterocycles. The van der Waals surface area contributed by atoms with E-state index in [1.807, 2.05) is 0 Å². The van der Waals surface area contributed by atoms with Gasteiger partial charge in [-0.1, -0.05) is 57.5 Å². The summed E-state index contributed by atoms with van der Waals surface area (Å²) in [6, 6.07) is 9.04. The number of rotatable bonds is 6. The van der Waals surface area contributed by atoms with E-state index in [2.05, 4.69) is 64.2 Å². The van der Waals surface area contributed by atoms with Gasteiger partial charge in [0.15, 0.2) is 0 Å². The monoisotopic (exact) mass is 247 g/mol. The Balaban J connectivity index is 2.68. The van der Waals surface area contributed by atoms with E-state index in [4.69, 9.17) is 0 Å². The molecular formula is C17H29N. The first-order chi connectivity index (χ1) is 8.42. The average Bonchev–Trinajstić information content (AvgIpc) is 2.29. The minimum atomic E-state index is 0.426. The molecule has 0 aliphatic carbocycles. The minimum Gasteiger partial charge on any atom is -0.316 e. The fraction of sp³-hybridized carbons (Fsp3) is 0.647. The van der Waals surface area contributed by atoms with E-state index in [9.17, 15) is 0 Å². The van der Waals surface area contributed by atoms with Crippen molar-refractivity contribution in [1.29, 1.82) is 0 Å². The molecule has 1 aromatic rings. The Morgan fingerprint density at radius 1 is 1.11 bits per heavy atom. The molecule has 18 heavy (non-hydrogen) atoms. The highest BCUT2D eigenvalue weighted by atomic mass is 14.8. The van der Waals surface area contributed by atoms with Gasteiger partial charge >= 0.3 is 0 Å². The van der Waals surface area contributed by atoms with Crippen LogP contribution in [-0.4, -0.2) is 13.1 Å². The van der Waals surface area contributed by atoms with E-state index in [0.29, 0.717) is 11.3 Å². The summed E-state index contributed by atoms with van der Waals surface area (Å²) >= 11 is 0. The lowest BCUT2D eigenvalue weighted by Gasteiger charge is -2.24. The second-order valence-electron chi connectivity index (χ2n) is 6.51. The summed E-state index contributed by atoms with van der Waals surface area (Å²) in [6.07, 6.45) is 2.54. The molecule has 0 fully saturated rings. The zero-order chi connectivity index (χ0) is 13.6. The first-order valence-corrected chi connectivity index (χ1v) is 7.19. The van der Waals surface area contributed by atoms with Crippen LogP contribution in [0, 0.1) is 12.3 Å². The predicted molar refractivity (Wildman–Crippen MR) is 81.2 cm³/mol. The maximum Gasteiger partial charge on any atom is 0.00200 e. The van der Waals surface area contributed by atoms with Gasteiger partial charge in [-0.15, -0.1) is 0 Å². The molecule has 0 aliphatic rings. The molecular weight excluding hydrogens is 218 g/mol. The third-order valence-corrected chi connectivity index (χ3v) is 3.43. The standard InChI is InChI=1S/C17H29N/c1-6-18-13-16(11-12-17(3,4)5)15-9-7-14(2)8-10-15/h7-10,16,18H,6,11-13H2,1-5H3. The molecule has 0 radical (unpaired) electrons. The number of aryl methyl sites for hydroxylation is 1. The van der Waals surface area contributed by atoms with E-state index in [1.54, 1.807) is 0 Å². The van der Waals surface area contributed by atoms with E-state index < -0.39 is 0 Å². The van der Waals surface area contributed by atoms with Crippen LogP contribution in [0.3, 0.4) is 0 Å². The van der Waals surface area contributed by atoms with Crippen molar-refractivity contribution in [3.8, 4) is 0 Å². The van der Waals surface area contributed by atoms with Crippen LogP contribution in [0.15, 0.2) is 24.3 Å². The lowest BCUT2D eigenvalue weighted by Crippen LogP contribution is -2.22.